The molecule has 1 aliphatic carbocycles. The van der Waals surface area contributed by atoms with Crippen LogP contribution < -0.4 is 10.2 Å². The molecular weight excluding hydrogens is 360 g/mol. The molecule has 3 rings (SSSR count). The zero-order valence-electron chi connectivity index (χ0n) is 14.6. The van der Waals surface area contributed by atoms with E-state index < -0.39 is 12.0 Å². The second kappa shape index (κ2) is 7.45. The largest absolute Gasteiger partial charge is 0.480 e. The Labute approximate surface area is 155 Å². The Hall–Kier alpha value is -2.42. The Bertz CT molecular complexity index is 821. The van der Waals surface area contributed by atoms with Gasteiger partial charge < -0.3 is 20.3 Å². The van der Waals surface area contributed by atoms with Crippen molar-refractivity contribution in [3.05, 3.63) is 11.6 Å². The van der Waals surface area contributed by atoms with Crippen LogP contribution in [0, 0.1) is 5.92 Å². The Morgan fingerprint density at radius 3 is 2.81 bits per heavy atom. The highest BCUT2D eigenvalue weighted by Crippen LogP contribution is 2.33. The summed E-state index contributed by atoms with van der Waals surface area (Å²) < 4.78 is 0. The van der Waals surface area contributed by atoms with Crippen molar-refractivity contribution in [3.63, 3.8) is 0 Å². The molecule has 9 nitrogen and oxygen atoms in total. The first-order valence-corrected chi connectivity index (χ1v) is 8.94. The molecule has 2 atom stereocenters. The molecule has 140 valence electrons. The number of aromatic amines is 1. The highest BCUT2D eigenvalue weighted by molar-refractivity contribution is 6.28. The Morgan fingerprint density at radius 1 is 1.46 bits per heavy atom. The molecule has 0 bridgehead atoms. The number of fused-ring (bicyclic) bond motifs is 1. The van der Waals surface area contributed by atoms with Gasteiger partial charge >= 0.3 is 5.97 Å². The zero-order chi connectivity index (χ0) is 18.8. The van der Waals surface area contributed by atoms with Gasteiger partial charge in [0.25, 0.3) is 0 Å². The maximum Gasteiger partial charge on any atom is 0.326 e. The third kappa shape index (κ3) is 3.87. The molecule has 0 unspecified atom stereocenters. The minimum atomic E-state index is -1.04. The number of hydrogen-bond donors (Lipinski definition) is 3. The molecule has 0 radical (unpaired) electrons. The SMILES string of the molecule is CC[C@H](C)[C@H](NC(=O)CN(c1nc(Cl)nc2nc[nH]c12)C1CC1)C(=O)O. The van der Waals surface area contributed by atoms with Crippen molar-refractivity contribution in [1.82, 2.24) is 25.3 Å². The first kappa shape index (κ1) is 18.4. The van der Waals surface area contributed by atoms with Gasteiger partial charge in [-0.2, -0.15) is 9.97 Å². The lowest BCUT2D eigenvalue weighted by Crippen LogP contribution is -2.49. The Morgan fingerprint density at radius 2 is 2.19 bits per heavy atom. The number of aliphatic carboxylic acids is 1. The summed E-state index contributed by atoms with van der Waals surface area (Å²) in [5, 5.41) is 12.0. The second-order valence-corrected chi connectivity index (χ2v) is 6.88. The van der Waals surface area contributed by atoms with Gasteiger partial charge in [-0.25, -0.2) is 9.78 Å². The van der Waals surface area contributed by atoms with E-state index in [1.807, 2.05) is 11.8 Å². The van der Waals surface area contributed by atoms with E-state index in [0.717, 1.165) is 12.8 Å². The van der Waals surface area contributed by atoms with Crippen molar-refractivity contribution in [2.24, 2.45) is 5.92 Å². The molecule has 1 aliphatic rings. The summed E-state index contributed by atoms with van der Waals surface area (Å²) in [4.78, 5) is 41.2. The van der Waals surface area contributed by atoms with Gasteiger partial charge in [0, 0.05) is 6.04 Å². The lowest BCUT2D eigenvalue weighted by molar-refractivity contribution is -0.143. The molecule has 1 saturated carbocycles. The van der Waals surface area contributed by atoms with E-state index in [1.165, 1.54) is 6.33 Å². The molecule has 0 aromatic carbocycles. The molecule has 2 heterocycles. The molecule has 0 saturated heterocycles. The number of nitrogens with one attached hydrogen (secondary N) is 2. The van der Waals surface area contributed by atoms with Gasteiger partial charge in [-0.3, -0.25) is 4.79 Å². The number of nitrogens with zero attached hydrogens (tertiary/aromatic N) is 4. The topological polar surface area (TPSA) is 124 Å². The standard InChI is InChI=1S/C16H21ClN6O3/c1-3-8(2)11(15(25)26)20-10(24)6-23(9-4-5-9)14-12-13(19-7-18-12)21-16(17)22-14/h7-9,11H,3-6H2,1-2H3,(H,20,24)(H,25,26)(H,18,19,21,22)/t8-,11-/m0/s1. The summed E-state index contributed by atoms with van der Waals surface area (Å²) in [5.74, 6) is -1.07. The molecule has 10 heteroatoms. The van der Waals surface area contributed by atoms with Gasteiger partial charge in [-0.1, -0.05) is 20.3 Å². The fraction of sp³-hybridized carbons (Fsp3) is 0.562. The van der Waals surface area contributed by atoms with Gasteiger partial charge in [0.2, 0.25) is 11.2 Å². The number of hydrogen-bond acceptors (Lipinski definition) is 6. The van der Waals surface area contributed by atoms with Gasteiger partial charge in [0.05, 0.1) is 12.9 Å². The molecule has 3 N–H and O–H groups in total. The normalized spacial score (nSPS) is 16.3. The van der Waals surface area contributed by atoms with Crippen molar-refractivity contribution < 1.29 is 14.7 Å². The maximum absolute atomic E-state index is 12.5. The van der Waals surface area contributed by atoms with Crippen molar-refractivity contribution >= 4 is 40.5 Å². The first-order valence-electron chi connectivity index (χ1n) is 8.56. The van der Waals surface area contributed by atoms with E-state index in [0.29, 0.717) is 23.4 Å². The van der Waals surface area contributed by atoms with Crippen molar-refractivity contribution in [3.8, 4) is 0 Å². The summed E-state index contributed by atoms with van der Waals surface area (Å²) in [6.07, 6.45) is 4.00. The van der Waals surface area contributed by atoms with E-state index in [4.69, 9.17) is 11.6 Å². The lowest BCUT2D eigenvalue weighted by Gasteiger charge is -2.25. The minimum absolute atomic E-state index is 0.00760. The number of halogens is 1. The predicted molar refractivity (Wildman–Crippen MR) is 96.1 cm³/mol. The summed E-state index contributed by atoms with van der Waals surface area (Å²) in [5.41, 5.74) is 1.03. The molecule has 2 aromatic heterocycles. The summed E-state index contributed by atoms with van der Waals surface area (Å²) in [6.45, 7) is 3.68. The highest BCUT2D eigenvalue weighted by atomic mass is 35.5. The van der Waals surface area contributed by atoms with Gasteiger partial charge in [0.1, 0.15) is 11.6 Å². The number of anilines is 1. The van der Waals surface area contributed by atoms with Crippen molar-refractivity contribution in [1.29, 1.82) is 0 Å². The Kier molecular flexibility index (Phi) is 5.26. The highest BCUT2D eigenvalue weighted by Gasteiger charge is 2.34. The van der Waals surface area contributed by atoms with E-state index in [9.17, 15) is 14.7 Å². The van der Waals surface area contributed by atoms with E-state index in [2.05, 4.69) is 25.3 Å². The van der Waals surface area contributed by atoms with E-state index >= 15 is 0 Å². The molecule has 0 aliphatic heterocycles. The van der Waals surface area contributed by atoms with Crippen LogP contribution in [0.2, 0.25) is 5.28 Å². The summed E-state index contributed by atoms with van der Waals surface area (Å²) >= 11 is 5.99. The lowest BCUT2D eigenvalue weighted by atomic mass is 9.99. The van der Waals surface area contributed by atoms with Gasteiger partial charge in [-0.15, -0.1) is 0 Å². The number of carbonyl (C=O) groups excluding carboxylic acids is 1. The number of H-pyrrole nitrogens is 1. The number of carboxylic acid groups (broad SMARTS) is 1. The minimum Gasteiger partial charge on any atom is -0.480 e. The smallest absolute Gasteiger partial charge is 0.326 e. The van der Waals surface area contributed by atoms with E-state index in [1.54, 1.807) is 6.92 Å². The molecule has 2 aromatic rings. The second-order valence-electron chi connectivity index (χ2n) is 6.55. The predicted octanol–water partition coefficient (Wildman–Crippen LogP) is 1.59. The van der Waals surface area contributed by atoms with Crippen LogP contribution in [0.3, 0.4) is 0 Å². The molecule has 1 amide bonds. The van der Waals surface area contributed by atoms with Crippen LogP contribution in [0.1, 0.15) is 33.1 Å². The number of rotatable bonds is 8. The quantitative estimate of drug-likeness (QED) is 0.594. The van der Waals surface area contributed by atoms with Crippen LogP contribution in [-0.2, 0) is 9.59 Å². The maximum atomic E-state index is 12.5. The Balaban J connectivity index is 1.82. The molecule has 26 heavy (non-hydrogen) atoms. The number of amides is 1. The molecule has 1 fully saturated rings. The third-order valence-electron chi connectivity index (χ3n) is 4.61. The van der Waals surface area contributed by atoms with Crippen molar-refractivity contribution in [2.45, 2.75) is 45.2 Å². The van der Waals surface area contributed by atoms with Gasteiger partial charge in [0.15, 0.2) is 11.5 Å². The summed E-state index contributed by atoms with van der Waals surface area (Å²) in [6, 6.07) is -0.764. The number of carboxylic acids is 1. The molecule has 0 spiro atoms. The van der Waals surface area contributed by atoms with Crippen molar-refractivity contribution in [2.75, 3.05) is 11.4 Å². The first-order chi connectivity index (χ1) is 12.4. The van der Waals surface area contributed by atoms with Crippen LogP contribution in [0.25, 0.3) is 11.2 Å². The van der Waals surface area contributed by atoms with Gasteiger partial charge in [-0.05, 0) is 30.4 Å². The van der Waals surface area contributed by atoms with E-state index in [-0.39, 0.29) is 29.7 Å². The van der Waals surface area contributed by atoms with Crippen LogP contribution in [0.5, 0.6) is 0 Å². The van der Waals surface area contributed by atoms with Crippen LogP contribution in [-0.4, -0.2) is 55.5 Å². The summed E-state index contributed by atoms with van der Waals surface area (Å²) in [7, 11) is 0. The average Bonchev–Trinajstić information content (AvgIpc) is 3.33. The van der Waals surface area contributed by atoms with Crippen LogP contribution in [0.4, 0.5) is 5.82 Å². The fourth-order valence-corrected chi connectivity index (χ4v) is 2.98. The zero-order valence-corrected chi connectivity index (χ0v) is 15.3. The number of imidazole rings is 1. The van der Waals surface area contributed by atoms with Crippen LogP contribution in [0.15, 0.2) is 6.33 Å². The fourth-order valence-electron chi connectivity index (χ4n) is 2.82. The number of carbonyl (C=O) groups is 2. The van der Waals surface area contributed by atoms with Crippen LogP contribution >= 0.6 is 11.6 Å². The number of aromatic nitrogens is 4. The monoisotopic (exact) mass is 380 g/mol. The average molecular weight is 381 g/mol. The molecular formula is C16H21ClN6O3. The third-order valence-corrected chi connectivity index (χ3v) is 4.78.